The van der Waals surface area contributed by atoms with Gasteiger partial charge >= 0.3 is 0 Å². The molecule has 2 aromatic carbocycles. The number of hydrogen-bond donors (Lipinski definition) is 2. The largest absolute Gasteiger partial charge is 0.352 e. The fraction of sp³-hybridized carbons (Fsp3) is 0.300. The molecule has 26 heavy (non-hydrogen) atoms. The van der Waals surface area contributed by atoms with E-state index in [0.717, 1.165) is 42.3 Å². The van der Waals surface area contributed by atoms with Crippen molar-refractivity contribution in [2.75, 3.05) is 6.54 Å². The van der Waals surface area contributed by atoms with Gasteiger partial charge in [0.2, 0.25) is 0 Å². The van der Waals surface area contributed by atoms with Crippen LogP contribution in [-0.4, -0.2) is 16.4 Å². The van der Waals surface area contributed by atoms with Crippen molar-refractivity contribution in [2.45, 2.75) is 37.1 Å². The predicted molar refractivity (Wildman–Crippen MR) is 111 cm³/mol. The lowest BCUT2D eigenvalue weighted by Gasteiger charge is -2.07. The van der Waals surface area contributed by atoms with Crippen LogP contribution in [-0.2, 0) is 6.54 Å². The number of rotatable bonds is 8. The molecule has 0 atom stereocenters. The van der Waals surface area contributed by atoms with Crippen molar-refractivity contribution >= 4 is 40.2 Å². The van der Waals surface area contributed by atoms with Gasteiger partial charge in [-0.25, -0.2) is 0 Å². The number of nitrogens with zero attached hydrogens (tertiary/aromatic N) is 1. The van der Waals surface area contributed by atoms with Crippen molar-refractivity contribution in [2.24, 2.45) is 0 Å². The number of hydrogen-bond acceptors (Lipinski definition) is 4. The van der Waals surface area contributed by atoms with E-state index in [-0.39, 0.29) is 11.5 Å². The first-order valence-corrected chi connectivity index (χ1v) is 10.0. The van der Waals surface area contributed by atoms with Gasteiger partial charge < -0.3 is 5.32 Å². The molecule has 0 aliphatic rings. The van der Waals surface area contributed by atoms with Crippen LogP contribution in [0.2, 0.25) is 0 Å². The van der Waals surface area contributed by atoms with Gasteiger partial charge in [0.05, 0.1) is 15.6 Å². The SMILES string of the molecule is O=C(NCCCCCCn1sc2ccccc2c1=O)c1ccccc1S. The summed E-state index contributed by atoms with van der Waals surface area (Å²) in [6.07, 6.45) is 3.98. The van der Waals surface area contributed by atoms with E-state index in [1.165, 1.54) is 11.5 Å². The van der Waals surface area contributed by atoms with E-state index in [1.807, 2.05) is 46.4 Å². The molecule has 0 saturated carbocycles. The van der Waals surface area contributed by atoms with E-state index in [4.69, 9.17) is 0 Å². The third kappa shape index (κ3) is 4.56. The highest BCUT2D eigenvalue weighted by Gasteiger charge is 2.08. The number of aryl methyl sites for hydroxylation is 1. The summed E-state index contributed by atoms with van der Waals surface area (Å²) in [4.78, 5) is 25.0. The molecule has 3 rings (SSSR count). The van der Waals surface area contributed by atoms with Crippen LogP contribution in [0.3, 0.4) is 0 Å². The summed E-state index contributed by atoms with van der Waals surface area (Å²) in [5, 5.41) is 3.74. The number of carbonyl (C=O) groups is 1. The Labute approximate surface area is 162 Å². The maximum Gasteiger partial charge on any atom is 0.268 e. The number of unbranched alkanes of at least 4 members (excludes halogenated alkanes) is 3. The lowest BCUT2D eigenvalue weighted by Crippen LogP contribution is -2.24. The van der Waals surface area contributed by atoms with Gasteiger partial charge in [-0.2, -0.15) is 0 Å². The average Bonchev–Trinajstić information content (AvgIpc) is 2.97. The Morgan fingerprint density at radius 3 is 2.54 bits per heavy atom. The zero-order chi connectivity index (χ0) is 18.4. The maximum absolute atomic E-state index is 12.3. The van der Waals surface area contributed by atoms with Gasteiger partial charge in [0, 0.05) is 18.0 Å². The fourth-order valence-electron chi connectivity index (χ4n) is 2.86. The molecule has 0 spiro atoms. The molecule has 0 fully saturated rings. The van der Waals surface area contributed by atoms with Crippen LogP contribution in [0.5, 0.6) is 0 Å². The quantitative estimate of drug-likeness (QED) is 0.447. The summed E-state index contributed by atoms with van der Waals surface area (Å²) in [5.41, 5.74) is 0.725. The van der Waals surface area contributed by atoms with Gasteiger partial charge in [-0.1, -0.05) is 48.6 Å². The molecule has 4 nitrogen and oxygen atoms in total. The highest BCUT2D eigenvalue weighted by molar-refractivity contribution is 7.80. The minimum atomic E-state index is -0.0765. The van der Waals surface area contributed by atoms with Crippen molar-refractivity contribution in [3.63, 3.8) is 0 Å². The van der Waals surface area contributed by atoms with Crippen molar-refractivity contribution in [3.05, 3.63) is 64.4 Å². The highest BCUT2D eigenvalue weighted by atomic mass is 32.1. The summed E-state index contributed by atoms with van der Waals surface area (Å²) in [6.45, 7) is 1.42. The van der Waals surface area contributed by atoms with Crippen LogP contribution in [0.4, 0.5) is 0 Å². The zero-order valence-electron chi connectivity index (χ0n) is 14.5. The van der Waals surface area contributed by atoms with Crippen LogP contribution in [0.25, 0.3) is 10.1 Å². The van der Waals surface area contributed by atoms with Gasteiger partial charge in [0.1, 0.15) is 0 Å². The van der Waals surface area contributed by atoms with Crippen LogP contribution in [0, 0.1) is 0 Å². The van der Waals surface area contributed by atoms with Crippen LogP contribution >= 0.6 is 24.2 Å². The molecular formula is C20H22N2O2S2. The lowest BCUT2D eigenvalue weighted by molar-refractivity contribution is 0.0950. The van der Waals surface area contributed by atoms with Crippen molar-refractivity contribution in [1.82, 2.24) is 9.27 Å². The third-order valence-electron chi connectivity index (χ3n) is 4.27. The van der Waals surface area contributed by atoms with Gasteiger partial charge in [-0.15, -0.1) is 12.6 Å². The predicted octanol–water partition coefficient (Wildman–Crippen LogP) is 4.34. The molecule has 0 aliphatic carbocycles. The monoisotopic (exact) mass is 386 g/mol. The van der Waals surface area contributed by atoms with Crippen molar-refractivity contribution in [1.29, 1.82) is 0 Å². The third-order valence-corrected chi connectivity index (χ3v) is 5.79. The summed E-state index contributed by atoms with van der Waals surface area (Å²) < 4.78 is 2.89. The molecule has 0 bridgehead atoms. The second-order valence-corrected chi connectivity index (χ2v) is 7.73. The van der Waals surface area contributed by atoms with Gasteiger partial charge in [-0.05, 0) is 37.1 Å². The molecule has 1 heterocycles. The molecule has 0 radical (unpaired) electrons. The minimum Gasteiger partial charge on any atom is -0.352 e. The molecule has 1 N–H and O–H groups in total. The van der Waals surface area contributed by atoms with E-state index in [0.29, 0.717) is 17.0 Å². The number of aromatic nitrogens is 1. The first-order chi connectivity index (χ1) is 12.7. The molecule has 136 valence electrons. The summed E-state index contributed by atoms with van der Waals surface area (Å²) >= 11 is 5.84. The van der Waals surface area contributed by atoms with Crippen LogP contribution in [0.1, 0.15) is 36.0 Å². The first kappa shape index (κ1) is 18.7. The molecule has 0 unspecified atom stereocenters. The minimum absolute atomic E-state index is 0.0765. The maximum atomic E-state index is 12.3. The summed E-state index contributed by atoms with van der Waals surface area (Å²) in [6, 6.07) is 15.0. The van der Waals surface area contributed by atoms with E-state index < -0.39 is 0 Å². The molecule has 1 amide bonds. The smallest absolute Gasteiger partial charge is 0.268 e. The molecule has 0 aliphatic heterocycles. The number of thiol groups is 1. The van der Waals surface area contributed by atoms with Crippen molar-refractivity contribution < 1.29 is 4.79 Å². The Balaban J connectivity index is 1.36. The molecule has 6 heteroatoms. The summed E-state index contributed by atoms with van der Waals surface area (Å²) in [7, 11) is 0. The Kier molecular flexibility index (Phi) is 6.52. The standard InChI is InChI=1S/C20H22N2O2S2/c23-19(15-9-3-5-11-17(15)25)21-13-7-1-2-8-14-22-20(24)16-10-4-6-12-18(16)26-22/h3-6,9-12,25H,1-2,7-8,13-14H2,(H,21,23). The molecule has 0 saturated heterocycles. The number of amides is 1. The molecule has 3 aromatic rings. The Bertz CT molecular complexity index is 946. The molecular weight excluding hydrogens is 364 g/mol. The van der Waals surface area contributed by atoms with Gasteiger partial charge in [0.15, 0.2) is 0 Å². The average molecular weight is 387 g/mol. The number of benzene rings is 2. The van der Waals surface area contributed by atoms with Crippen LogP contribution in [0.15, 0.2) is 58.2 Å². The Morgan fingerprint density at radius 2 is 1.73 bits per heavy atom. The second-order valence-electron chi connectivity index (χ2n) is 6.18. The number of fused-ring (bicyclic) bond motifs is 1. The van der Waals surface area contributed by atoms with E-state index in [2.05, 4.69) is 17.9 Å². The Hall–Kier alpha value is -2.05. The number of carbonyl (C=O) groups excluding carboxylic acids is 1. The van der Waals surface area contributed by atoms with E-state index in [9.17, 15) is 9.59 Å². The van der Waals surface area contributed by atoms with E-state index >= 15 is 0 Å². The topological polar surface area (TPSA) is 51.1 Å². The Morgan fingerprint density at radius 1 is 1.00 bits per heavy atom. The first-order valence-electron chi connectivity index (χ1n) is 8.82. The van der Waals surface area contributed by atoms with Crippen molar-refractivity contribution in [3.8, 4) is 0 Å². The summed E-state index contributed by atoms with van der Waals surface area (Å²) in [5.74, 6) is -0.0765. The normalized spacial score (nSPS) is 11.0. The highest BCUT2D eigenvalue weighted by Crippen LogP contribution is 2.16. The second kappa shape index (κ2) is 9.05. The zero-order valence-corrected chi connectivity index (χ0v) is 16.2. The fourth-order valence-corrected chi connectivity index (χ4v) is 4.16. The van der Waals surface area contributed by atoms with E-state index in [1.54, 1.807) is 6.07 Å². The van der Waals surface area contributed by atoms with Gasteiger partial charge in [0.25, 0.3) is 11.5 Å². The lowest BCUT2D eigenvalue weighted by atomic mass is 10.2. The molecule has 1 aromatic heterocycles. The number of nitrogens with one attached hydrogen (secondary N) is 1. The van der Waals surface area contributed by atoms with Crippen LogP contribution < -0.4 is 10.9 Å². The van der Waals surface area contributed by atoms with Gasteiger partial charge in [-0.3, -0.25) is 13.5 Å².